The largest absolute Gasteiger partial charge is 0.491 e. The predicted octanol–water partition coefficient (Wildman–Crippen LogP) is 4.32. The normalized spacial score (nSPS) is 11.7. The maximum atomic E-state index is 11.4. The lowest BCUT2D eigenvalue weighted by atomic mass is 9.86. The number of hydrogen-bond donors (Lipinski definition) is 1. The van der Waals surface area contributed by atoms with Crippen LogP contribution >= 0.6 is 22.6 Å². The van der Waals surface area contributed by atoms with Crippen LogP contribution in [0.15, 0.2) is 12.1 Å². The summed E-state index contributed by atoms with van der Waals surface area (Å²) in [6, 6.07) is 3.73. The number of hydrogen-bond acceptors (Lipinski definition) is 2. The van der Waals surface area contributed by atoms with E-state index < -0.39 is 5.97 Å². The van der Waals surface area contributed by atoms with Crippen molar-refractivity contribution >= 4 is 28.6 Å². The van der Waals surface area contributed by atoms with Crippen LogP contribution in [0.25, 0.3) is 0 Å². The lowest BCUT2D eigenvalue weighted by molar-refractivity contribution is 0.0691. The summed E-state index contributed by atoms with van der Waals surface area (Å²) in [6.07, 6.45) is 0. The van der Waals surface area contributed by atoms with Crippen LogP contribution in [-0.2, 0) is 5.41 Å². The highest BCUT2D eigenvalue weighted by Crippen LogP contribution is 2.33. The molecule has 1 rings (SSSR count). The van der Waals surface area contributed by atoms with E-state index in [2.05, 4.69) is 43.4 Å². The molecule has 0 unspecified atom stereocenters. The van der Waals surface area contributed by atoms with E-state index in [4.69, 9.17) is 4.74 Å². The van der Waals surface area contributed by atoms with Gasteiger partial charge in [-0.25, -0.2) is 4.79 Å². The summed E-state index contributed by atoms with van der Waals surface area (Å²) in [7, 11) is 0. The van der Waals surface area contributed by atoms with Gasteiger partial charge in [-0.1, -0.05) is 34.6 Å². The second kappa shape index (κ2) is 6.11. The second-order valence-corrected chi connectivity index (χ2v) is 7.26. The molecule has 0 aliphatic carbocycles. The van der Waals surface area contributed by atoms with Crippen molar-refractivity contribution in [1.29, 1.82) is 0 Å². The Morgan fingerprint density at radius 3 is 2.37 bits per heavy atom. The van der Waals surface area contributed by atoms with Crippen molar-refractivity contribution in [1.82, 2.24) is 0 Å². The van der Waals surface area contributed by atoms with Crippen LogP contribution in [0.2, 0.25) is 0 Å². The molecule has 0 fully saturated rings. The Balaban J connectivity index is 3.27. The molecule has 0 aliphatic heterocycles. The Bertz CT molecular complexity index is 473. The summed E-state index contributed by atoms with van der Waals surface area (Å²) in [6.45, 7) is 10.8. The standard InChI is InChI=1S/C15H21IO3/c1-9(2)8-19-13-11(14(17)18)6-10(7-12(13)16)15(3,4)5/h6-7,9H,8H2,1-5H3,(H,17,18). The SMILES string of the molecule is CC(C)COc1c(I)cc(C(C)(C)C)cc1C(=O)O. The van der Waals surface area contributed by atoms with Crippen molar-refractivity contribution < 1.29 is 14.6 Å². The minimum atomic E-state index is -0.942. The molecular formula is C15H21IO3. The third-order valence-corrected chi connectivity index (χ3v) is 3.50. The molecule has 4 heteroatoms. The summed E-state index contributed by atoms with van der Waals surface area (Å²) < 4.78 is 6.52. The molecule has 0 radical (unpaired) electrons. The van der Waals surface area contributed by atoms with Gasteiger partial charge >= 0.3 is 5.97 Å². The fourth-order valence-electron chi connectivity index (χ4n) is 1.58. The van der Waals surface area contributed by atoms with E-state index in [0.29, 0.717) is 18.3 Å². The molecule has 0 amide bonds. The minimum Gasteiger partial charge on any atom is -0.491 e. The molecule has 1 aromatic carbocycles. The molecule has 1 N–H and O–H groups in total. The minimum absolute atomic E-state index is 0.0826. The van der Waals surface area contributed by atoms with Gasteiger partial charge in [0.15, 0.2) is 0 Å². The van der Waals surface area contributed by atoms with Crippen molar-refractivity contribution in [3.63, 3.8) is 0 Å². The van der Waals surface area contributed by atoms with Gasteiger partial charge in [0.1, 0.15) is 11.3 Å². The maximum Gasteiger partial charge on any atom is 0.339 e. The number of ether oxygens (including phenoxy) is 1. The van der Waals surface area contributed by atoms with E-state index in [1.165, 1.54) is 0 Å². The first-order valence-electron chi connectivity index (χ1n) is 6.33. The number of carboxylic acids is 1. The van der Waals surface area contributed by atoms with Gasteiger partial charge in [-0.3, -0.25) is 0 Å². The Labute approximate surface area is 128 Å². The van der Waals surface area contributed by atoms with Crippen LogP contribution in [0.1, 0.15) is 50.5 Å². The van der Waals surface area contributed by atoms with E-state index in [1.807, 2.05) is 19.9 Å². The molecule has 1 aromatic rings. The first-order chi connectivity index (χ1) is 8.62. The Morgan fingerprint density at radius 1 is 1.37 bits per heavy atom. The van der Waals surface area contributed by atoms with E-state index in [1.54, 1.807) is 6.07 Å². The highest BCUT2D eigenvalue weighted by molar-refractivity contribution is 14.1. The van der Waals surface area contributed by atoms with E-state index in [-0.39, 0.29) is 11.0 Å². The number of carbonyl (C=O) groups is 1. The number of benzene rings is 1. The van der Waals surface area contributed by atoms with Gasteiger partial charge in [-0.15, -0.1) is 0 Å². The third kappa shape index (κ3) is 4.37. The van der Waals surface area contributed by atoms with E-state index in [9.17, 15) is 9.90 Å². The van der Waals surface area contributed by atoms with E-state index >= 15 is 0 Å². The number of aromatic carboxylic acids is 1. The van der Waals surface area contributed by atoms with Gasteiger partial charge < -0.3 is 9.84 Å². The van der Waals surface area contributed by atoms with Gasteiger partial charge in [0.25, 0.3) is 0 Å². The fraction of sp³-hybridized carbons (Fsp3) is 0.533. The summed E-state index contributed by atoms with van der Waals surface area (Å²) >= 11 is 2.14. The molecule has 0 bridgehead atoms. The van der Waals surface area contributed by atoms with E-state index in [0.717, 1.165) is 9.13 Å². The molecule has 0 saturated carbocycles. The van der Waals surface area contributed by atoms with Crippen molar-refractivity contribution in [3.8, 4) is 5.75 Å². The van der Waals surface area contributed by atoms with Gasteiger partial charge in [0.05, 0.1) is 10.2 Å². The first kappa shape index (κ1) is 16.3. The quantitative estimate of drug-likeness (QED) is 0.797. The maximum absolute atomic E-state index is 11.4. The van der Waals surface area contributed by atoms with Crippen molar-refractivity contribution in [2.45, 2.75) is 40.0 Å². The molecule has 19 heavy (non-hydrogen) atoms. The molecule has 0 aliphatic rings. The van der Waals surface area contributed by atoms with Crippen LogP contribution in [-0.4, -0.2) is 17.7 Å². The Hall–Kier alpha value is -0.780. The third-order valence-electron chi connectivity index (χ3n) is 2.70. The first-order valence-corrected chi connectivity index (χ1v) is 7.41. The van der Waals surface area contributed by atoms with Crippen molar-refractivity contribution in [3.05, 3.63) is 26.8 Å². The summed E-state index contributed by atoms with van der Waals surface area (Å²) in [5.41, 5.74) is 1.17. The molecular weight excluding hydrogens is 355 g/mol. The second-order valence-electron chi connectivity index (χ2n) is 6.09. The Morgan fingerprint density at radius 2 is 1.95 bits per heavy atom. The van der Waals surface area contributed by atoms with Gasteiger partial charge in [-0.2, -0.15) is 0 Å². The average Bonchev–Trinajstić information content (AvgIpc) is 2.24. The molecule has 106 valence electrons. The van der Waals surface area contributed by atoms with Crippen LogP contribution in [0, 0.1) is 9.49 Å². The predicted molar refractivity (Wildman–Crippen MR) is 85.2 cm³/mol. The van der Waals surface area contributed by atoms with Crippen LogP contribution in [0.4, 0.5) is 0 Å². The lowest BCUT2D eigenvalue weighted by Gasteiger charge is -2.22. The average molecular weight is 376 g/mol. The zero-order valence-electron chi connectivity index (χ0n) is 12.1. The summed E-state index contributed by atoms with van der Waals surface area (Å²) in [4.78, 5) is 11.4. The molecule has 0 spiro atoms. The topological polar surface area (TPSA) is 46.5 Å². The highest BCUT2D eigenvalue weighted by atomic mass is 127. The zero-order chi connectivity index (χ0) is 14.8. The van der Waals surface area contributed by atoms with Gasteiger partial charge in [0.2, 0.25) is 0 Å². The molecule has 0 saturated heterocycles. The number of carboxylic acid groups (broad SMARTS) is 1. The number of rotatable bonds is 4. The highest BCUT2D eigenvalue weighted by Gasteiger charge is 2.22. The van der Waals surface area contributed by atoms with Crippen LogP contribution in [0.3, 0.4) is 0 Å². The fourth-order valence-corrected chi connectivity index (χ4v) is 2.36. The monoisotopic (exact) mass is 376 g/mol. The molecule has 3 nitrogen and oxygen atoms in total. The summed E-state index contributed by atoms with van der Waals surface area (Å²) in [5, 5.41) is 9.36. The van der Waals surface area contributed by atoms with Crippen molar-refractivity contribution in [2.24, 2.45) is 5.92 Å². The van der Waals surface area contributed by atoms with Gasteiger partial charge in [0, 0.05) is 0 Å². The summed E-state index contributed by atoms with van der Waals surface area (Å²) in [5.74, 6) is -0.0997. The molecule has 0 atom stereocenters. The van der Waals surface area contributed by atoms with Crippen LogP contribution < -0.4 is 4.74 Å². The Kier molecular flexibility index (Phi) is 5.24. The van der Waals surface area contributed by atoms with Gasteiger partial charge in [-0.05, 0) is 51.6 Å². The molecule has 0 aromatic heterocycles. The molecule has 0 heterocycles. The van der Waals surface area contributed by atoms with Crippen LogP contribution in [0.5, 0.6) is 5.75 Å². The zero-order valence-corrected chi connectivity index (χ0v) is 14.2. The number of halogens is 1. The van der Waals surface area contributed by atoms with Crippen molar-refractivity contribution in [2.75, 3.05) is 6.61 Å². The smallest absolute Gasteiger partial charge is 0.339 e. The lowest BCUT2D eigenvalue weighted by Crippen LogP contribution is -2.15.